The summed E-state index contributed by atoms with van der Waals surface area (Å²) in [5.74, 6) is 1.67. The lowest BCUT2D eigenvalue weighted by molar-refractivity contribution is -0.205. The second kappa shape index (κ2) is 25.6. The van der Waals surface area contributed by atoms with E-state index in [1.165, 1.54) is 27.2 Å². The Labute approximate surface area is 526 Å². The van der Waals surface area contributed by atoms with Gasteiger partial charge in [0.2, 0.25) is 0 Å². The van der Waals surface area contributed by atoms with Crippen LogP contribution in [0.1, 0.15) is 152 Å². The topological polar surface area (TPSA) is 314 Å². The van der Waals surface area contributed by atoms with Crippen LogP contribution in [0.2, 0.25) is 0 Å². The Balaban J connectivity index is 1.06. The SMILES string of the molecule is C[C@@H]1CCC2=CC[C@H]3[C@H](CO)C[C@@H](O)[C@](C)(O)[C@H]4[C@@H](CC#C[C@H]([C@@H]5COC(=O)[C@@H]5c5cc[nH]c5)C[C@H]3[C@H]2C1)C[C@@]1(O)C2=C3N[C@H](CO)C(=O)C[C@@H](c5ccc(O)cc5)CSSC[C@@H]5[C@@H](O)[C@@H](O)C[C@@](C6CCCCC6)([C@@H]5C3=O)[C@H]2CC[C@]41CCN=C(N)N. The standard InChI is InChI=1S/C69H95N5O12S2/c1-37-11-12-39-15-18-47-43(32-75)28-56(80)66(2,84)63-41(8-6-7-40(26-49(47)48(39)25-37)50-34-86-64(83)57(50)42-20-23-72-31-42)29-69(85)59-52(19-21-67(63,69)22-24-73-65(70)71)68(45-9-4-3-5-10-45)30-55(79)61(81)51-36-88-87-35-44(38-13-16-46(77)17-14-38)27-54(78)53(33-76)74-60(59)62(82)58(51)68/h13-17,20,23,31,37,40-41,43-45,47-53,55-58,61,63,72,74-77,79-81,84-85H,3-5,8-12,18-19,21-22,24-30,32-36H2,1-2H3,(H4,70,71,73)/t37-,40+,41+,43+,44-,47+,48+,49-,50+,51+,52+,53-,55+,56-,57-,58+,61-,63-,66+,67+,68+,69-/m1/s1. The van der Waals surface area contributed by atoms with E-state index in [-0.39, 0.29) is 141 Å². The van der Waals surface area contributed by atoms with Crippen molar-refractivity contribution in [1.82, 2.24) is 10.3 Å². The van der Waals surface area contributed by atoms with Gasteiger partial charge in [0.25, 0.3) is 0 Å². The van der Waals surface area contributed by atoms with Crippen LogP contribution in [0.25, 0.3) is 0 Å². The van der Waals surface area contributed by atoms with Crippen LogP contribution in [0.4, 0.5) is 0 Å². The zero-order valence-corrected chi connectivity index (χ0v) is 52.8. The van der Waals surface area contributed by atoms with Gasteiger partial charge in [-0.3, -0.25) is 19.4 Å². The highest BCUT2D eigenvalue weighted by atomic mass is 33.1. The number of aromatic nitrogens is 1. The maximum atomic E-state index is 16.8. The number of aliphatic imine (C=N–C) groups is 1. The number of Topliss-reactive ketones (excluding diaryl/α,β-unsaturated/α-hetero) is 2. The van der Waals surface area contributed by atoms with Gasteiger partial charge in [-0.25, -0.2) is 0 Å². The first-order valence-corrected chi connectivity index (χ1v) is 35.6. The molecule has 2 saturated heterocycles. The van der Waals surface area contributed by atoms with Gasteiger partial charge >= 0.3 is 5.97 Å². The fraction of sp³-hybridized carbons (Fsp3) is 0.710. The van der Waals surface area contributed by atoms with Crippen molar-refractivity contribution in [3.05, 3.63) is 76.8 Å². The van der Waals surface area contributed by atoms with Crippen LogP contribution in [0.3, 0.4) is 0 Å². The molecule has 14 N–H and O–H groups in total. The van der Waals surface area contributed by atoms with Gasteiger partial charge in [-0.05, 0) is 178 Å². The summed E-state index contributed by atoms with van der Waals surface area (Å²) in [7, 11) is 3.04. The number of nitrogens with zero attached hydrogens (tertiary/aromatic N) is 1. The number of phenols is 1. The number of guanidine groups is 1. The summed E-state index contributed by atoms with van der Waals surface area (Å²) in [6.07, 6.45) is 11.7. The van der Waals surface area contributed by atoms with Crippen molar-refractivity contribution >= 4 is 45.1 Å². The van der Waals surface area contributed by atoms with E-state index in [1.807, 2.05) is 18.5 Å². The molecule has 22 atom stereocenters. The van der Waals surface area contributed by atoms with Crippen LogP contribution < -0.4 is 16.8 Å². The largest absolute Gasteiger partial charge is 0.508 e. The first-order valence-electron chi connectivity index (χ1n) is 33.1. The number of allylic oxidation sites excluding steroid dienone is 3. The van der Waals surface area contributed by atoms with Crippen LogP contribution in [-0.4, -0.2) is 143 Å². The number of carbonyl (C=O) groups excluding carboxylic acids is 3. The summed E-state index contributed by atoms with van der Waals surface area (Å²) in [5.41, 5.74) is 9.34. The molecule has 2 bridgehead atoms. The number of nitrogens with one attached hydrogen (secondary N) is 2. The lowest BCUT2D eigenvalue weighted by Crippen LogP contribution is -2.69. The number of hydrogen-bond acceptors (Lipinski definition) is 16. The molecular formula is C69H95N5O12S2. The normalized spacial score (nSPS) is 43.2. The van der Waals surface area contributed by atoms with Crippen molar-refractivity contribution in [3.8, 4) is 17.6 Å². The third kappa shape index (κ3) is 11.1. The van der Waals surface area contributed by atoms with Crippen LogP contribution in [0.15, 0.2) is 70.6 Å². The molecule has 17 nitrogen and oxygen atoms in total. The first-order chi connectivity index (χ1) is 42.3. The lowest BCUT2D eigenvalue weighted by atomic mass is 9.39. The number of cyclic esters (lactones) is 1. The fourth-order valence-corrected chi connectivity index (χ4v) is 23.6. The number of fused-ring (bicyclic) bond motifs is 10. The van der Waals surface area contributed by atoms with Crippen LogP contribution in [0.5, 0.6) is 5.75 Å². The third-order valence-electron chi connectivity index (χ3n) is 24.7. The summed E-state index contributed by atoms with van der Waals surface area (Å²) in [6, 6.07) is 7.32. The second-order valence-electron chi connectivity index (χ2n) is 29.0. The number of ether oxygens (including phenoxy) is 1. The molecule has 5 saturated carbocycles. The number of esters is 1. The van der Waals surface area contributed by atoms with Crippen LogP contribution in [-0.2, 0) is 19.1 Å². The second-order valence-corrected chi connectivity index (χ2v) is 31.6. The van der Waals surface area contributed by atoms with Crippen molar-refractivity contribution in [3.63, 3.8) is 0 Å². The fourth-order valence-electron chi connectivity index (χ4n) is 20.8. The van der Waals surface area contributed by atoms with Gasteiger partial charge in [-0.1, -0.05) is 77.5 Å². The highest BCUT2D eigenvalue weighted by molar-refractivity contribution is 8.76. The number of rotatable bonds is 9. The molecule has 88 heavy (non-hydrogen) atoms. The Hall–Kier alpha value is -4.36. The van der Waals surface area contributed by atoms with Gasteiger partial charge in [0, 0.05) is 90.8 Å². The van der Waals surface area contributed by atoms with Gasteiger partial charge < -0.3 is 67.4 Å². The first kappa shape index (κ1) is 63.8. The molecule has 2 aliphatic heterocycles. The molecule has 0 spiro atoms. The van der Waals surface area contributed by atoms with Gasteiger partial charge in [-0.2, -0.15) is 0 Å². The van der Waals surface area contributed by atoms with Crippen molar-refractivity contribution in [2.45, 2.75) is 177 Å². The molecule has 480 valence electrons. The Kier molecular flexibility index (Phi) is 18.6. The quantitative estimate of drug-likeness (QED) is 0.0308. The summed E-state index contributed by atoms with van der Waals surface area (Å²) < 4.78 is 5.98. The van der Waals surface area contributed by atoms with Crippen molar-refractivity contribution in [1.29, 1.82) is 0 Å². The molecule has 0 radical (unpaired) electrons. The maximum absolute atomic E-state index is 16.8. The molecule has 0 amide bonds. The number of benzene rings is 1. The number of nitrogens with two attached hydrogens (primary N) is 2. The van der Waals surface area contributed by atoms with Gasteiger partial charge in [0.1, 0.15) is 11.8 Å². The number of H-pyrrole nitrogens is 1. The average molecular weight is 1250 g/mol. The third-order valence-corrected chi connectivity index (χ3v) is 27.3. The number of aliphatic hydroxyl groups excluding tert-OH is 5. The number of ketones is 2. The molecule has 10 aliphatic rings. The maximum Gasteiger partial charge on any atom is 0.313 e. The number of carbonyl (C=O) groups is 3. The molecular weight excluding hydrogens is 1150 g/mol. The van der Waals surface area contributed by atoms with Gasteiger partial charge in [-0.15, -0.1) is 5.92 Å². The minimum atomic E-state index is -2.02. The highest BCUT2D eigenvalue weighted by Gasteiger charge is 2.76. The summed E-state index contributed by atoms with van der Waals surface area (Å²) >= 11 is 0. The molecule has 1 aromatic heterocycles. The van der Waals surface area contributed by atoms with E-state index in [0.717, 1.165) is 62.5 Å². The Morgan fingerprint density at radius 3 is 2.39 bits per heavy atom. The van der Waals surface area contributed by atoms with E-state index in [9.17, 15) is 40.5 Å². The van der Waals surface area contributed by atoms with Crippen molar-refractivity contribution < 1.29 is 60.0 Å². The molecule has 2 aromatic rings. The number of phenolic OH excluding ortho intramolecular Hbond substituents is 1. The van der Waals surface area contributed by atoms with Crippen molar-refractivity contribution in [2.75, 3.05) is 37.9 Å². The molecule has 19 heteroatoms. The van der Waals surface area contributed by atoms with E-state index in [2.05, 4.69) is 40.1 Å². The zero-order valence-electron chi connectivity index (χ0n) is 51.2. The highest BCUT2D eigenvalue weighted by Crippen LogP contribution is 2.75. The van der Waals surface area contributed by atoms with Crippen LogP contribution in [0, 0.1) is 99.6 Å². The molecule has 0 unspecified atom stereocenters. The number of hydrogen-bond donors (Lipinski definition) is 12. The van der Waals surface area contributed by atoms with E-state index in [4.69, 9.17) is 16.2 Å². The lowest BCUT2D eigenvalue weighted by Gasteiger charge is -2.66. The van der Waals surface area contributed by atoms with E-state index in [0.29, 0.717) is 42.3 Å². The van der Waals surface area contributed by atoms with E-state index >= 15 is 14.7 Å². The number of aliphatic hydroxyl groups is 7. The Morgan fingerprint density at radius 2 is 1.66 bits per heavy atom. The summed E-state index contributed by atoms with van der Waals surface area (Å²) in [4.78, 5) is 53.6. The minimum absolute atomic E-state index is 0.00482. The van der Waals surface area contributed by atoms with E-state index < -0.39 is 94.4 Å². The molecule has 8 aliphatic carbocycles. The van der Waals surface area contributed by atoms with Crippen molar-refractivity contribution in [2.24, 2.45) is 104 Å². The Morgan fingerprint density at radius 1 is 0.886 bits per heavy atom. The predicted molar refractivity (Wildman–Crippen MR) is 338 cm³/mol. The monoisotopic (exact) mass is 1250 g/mol. The zero-order chi connectivity index (χ0) is 62.0. The van der Waals surface area contributed by atoms with Crippen LogP contribution >= 0.6 is 21.6 Å². The Bertz CT molecular complexity index is 3040. The van der Waals surface area contributed by atoms with E-state index in [1.54, 1.807) is 31.2 Å². The molecule has 1 aromatic carbocycles. The smallest absolute Gasteiger partial charge is 0.313 e. The summed E-state index contributed by atoms with van der Waals surface area (Å²) in [5, 5.41) is 104. The molecule has 7 fully saturated rings. The predicted octanol–water partition coefficient (Wildman–Crippen LogP) is 6.78. The number of aromatic hydroxyl groups is 1. The van der Waals surface area contributed by atoms with Gasteiger partial charge in [0.15, 0.2) is 17.5 Å². The minimum Gasteiger partial charge on any atom is -0.508 e. The average Bonchev–Trinajstić information content (AvgIpc) is 1.27. The molecule has 3 heterocycles. The summed E-state index contributed by atoms with van der Waals surface area (Å²) in [6.45, 7) is 3.20. The number of aromatic amines is 1. The molecule has 12 rings (SSSR count). The van der Waals surface area contributed by atoms with Gasteiger partial charge in [0.05, 0.1) is 54.3 Å².